The fraction of sp³-hybridized carbons (Fsp3) is 0.167. The van der Waals surface area contributed by atoms with Gasteiger partial charge < -0.3 is 9.84 Å². The van der Waals surface area contributed by atoms with E-state index < -0.39 is 12.1 Å². The van der Waals surface area contributed by atoms with Crippen LogP contribution in [0.2, 0.25) is 0 Å². The Bertz CT molecular complexity index is 207. The minimum Gasteiger partial charge on any atom is -0.481 e. The van der Waals surface area contributed by atoms with Crippen LogP contribution in [-0.4, -0.2) is 17.2 Å². The first-order valence-electron chi connectivity index (χ1n) is 2.66. The van der Waals surface area contributed by atoms with Crippen molar-refractivity contribution in [1.82, 2.24) is 0 Å². The zero-order chi connectivity index (χ0) is 7.56. The van der Waals surface area contributed by atoms with Gasteiger partial charge in [0.25, 0.3) is 0 Å². The maximum Gasteiger partial charge on any atom is 0.350 e. The Kier molecular flexibility index (Phi) is 2.01. The number of carbonyl (C=O) groups is 1. The van der Waals surface area contributed by atoms with E-state index in [1.807, 2.05) is 0 Å². The molecule has 0 aromatic carbocycles. The summed E-state index contributed by atoms with van der Waals surface area (Å²) in [5.74, 6) is -1.02. The number of rotatable bonds is 1. The first kappa shape index (κ1) is 7.21. The molecule has 0 radical (unpaired) electrons. The van der Waals surface area contributed by atoms with E-state index in [4.69, 9.17) is 9.84 Å². The summed E-state index contributed by atoms with van der Waals surface area (Å²) in [5.41, 5.74) is 0. The molecule has 0 saturated carbocycles. The summed E-state index contributed by atoms with van der Waals surface area (Å²) in [4.78, 5) is 10.7. The SMILES string of the molecule is O=C(O)C1OC=CC=C1S. The topological polar surface area (TPSA) is 46.5 Å². The van der Waals surface area contributed by atoms with Crippen LogP contribution in [-0.2, 0) is 9.53 Å². The fourth-order valence-electron chi connectivity index (χ4n) is 0.604. The molecule has 1 aliphatic heterocycles. The summed E-state index contributed by atoms with van der Waals surface area (Å²) in [6.07, 6.45) is 3.60. The highest BCUT2D eigenvalue weighted by Crippen LogP contribution is 2.15. The molecule has 1 heterocycles. The first-order valence-corrected chi connectivity index (χ1v) is 3.10. The predicted molar refractivity (Wildman–Crippen MR) is 38.7 cm³/mol. The van der Waals surface area contributed by atoms with E-state index in [1.165, 1.54) is 6.26 Å². The van der Waals surface area contributed by atoms with Crippen LogP contribution in [0.15, 0.2) is 23.3 Å². The zero-order valence-electron chi connectivity index (χ0n) is 5.02. The van der Waals surface area contributed by atoms with Gasteiger partial charge in [0.05, 0.1) is 6.26 Å². The van der Waals surface area contributed by atoms with E-state index in [0.717, 1.165) is 0 Å². The van der Waals surface area contributed by atoms with E-state index in [-0.39, 0.29) is 0 Å². The standard InChI is InChI=1S/C6H6O3S/c7-6(8)5-4(10)2-1-3-9-5/h1-3,5,10H,(H,7,8). The number of ether oxygens (including phenoxy) is 1. The molecule has 1 aliphatic rings. The number of thiol groups is 1. The largest absolute Gasteiger partial charge is 0.481 e. The second-order valence-electron chi connectivity index (χ2n) is 1.77. The van der Waals surface area contributed by atoms with Gasteiger partial charge in [-0.1, -0.05) is 0 Å². The number of carboxylic acids is 1. The number of hydrogen-bond acceptors (Lipinski definition) is 3. The third-order valence-electron chi connectivity index (χ3n) is 1.05. The van der Waals surface area contributed by atoms with Crippen LogP contribution in [0.1, 0.15) is 0 Å². The van der Waals surface area contributed by atoms with Gasteiger partial charge in [-0.25, -0.2) is 4.79 Å². The Balaban J connectivity index is 2.73. The molecule has 1 atom stereocenters. The molecule has 0 aromatic rings. The molecule has 0 saturated heterocycles. The summed E-state index contributed by atoms with van der Waals surface area (Å²) < 4.78 is 4.73. The lowest BCUT2D eigenvalue weighted by molar-refractivity contribution is -0.144. The van der Waals surface area contributed by atoms with Crippen molar-refractivity contribution in [3.63, 3.8) is 0 Å². The second kappa shape index (κ2) is 2.79. The molecule has 1 unspecified atom stereocenters. The molecule has 0 aliphatic carbocycles. The van der Waals surface area contributed by atoms with Gasteiger partial charge in [0.15, 0.2) is 0 Å². The minimum absolute atomic E-state index is 0.412. The summed E-state index contributed by atoms with van der Waals surface area (Å²) in [7, 11) is 0. The molecule has 10 heavy (non-hydrogen) atoms. The van der Waals surface area contributed by atoms with Gasteiger partial charge in [0, 0.05) is 4.91 Å². The van der Waals surface area contributed by atoms with Crippen molar-refractivity contribution in [1.29, 1.82) is 0 Å². The monoisotopic (exact) mass is 158 g/mol. The van der Waals surface area contributed by atoms with Crippen molar-refractivity contribution in [2.45, 2.75) is 6.10 Å². The highest BCUT2D eigenvalue weighted by Gasteiger charge is 2.21. The smallest absolute Gasteiger partial charge is 0.350 e. The third-order valence-corrected chi connectivity index (χ3v) is 1.44. The molecular formula is C6H6O3S. The lowest BCUT2D eigenvalue weighted by Gasteiger charge is -2.13. The van der Waals surface area contributed by atoms with Crippen molar-refractivity contribution >= 4 is 18.6 Å². The molecule has 0 aromatic heterocycles. The Morgan fingerprint density at radius 1 is 1.80 bits per heavy atom. The van der Waals surface area contributed by atoms with Crippen molar-refractivity contribution in [3.8, 4) is 0 Å². The molecule has 1 rings (SSSR count). The van der Waals surface area contributed by atoms with Crippen molar-refractivity contribution in [3.05, 3.63) is 23.3 Å². The molecule has 3 nitrogen and oxygen atoms in total. The Labute approximate surface area is 63.4 Å². The zero-order valence-corrected chi connectivity index (χ0v) is 5.91. The van der Waals surface area contributed by atoms with Gasteiger partial charge in [-0.2, -0.15) is 0 Å². The van der Waals surface area contributed by atoms with E-state index in [0.29, 0.717) is 4.91 Å². The van der Waals surface area contributed by atoms with E-state index in [9.17, 15) is 4.79 Å². The molecule has 0 spiro atoms. The average molecular weight is 158 g/mol. The van der Waals surface area contributed by atoms with Gasteiger partial charge in [0.1, 0.15) is 0 Å². The molecule has 54 valence electrons. The van der Waals surface area contributed by atoms with Crippen LogP contribution in [0.25, 0.3) is 0 Å². The molecule has 1 N–H and O–H groups in total. The number of allylic oxidation sites excluding steroid dienone is 2. The van der Waals surface area contributed by atoms with Gasteiger partial charge in [-0.15, -0.1) is 12.6 Å². The molecule has 0 bridgehead atoms. The van der Waals surface area contributed by atoms with Crippen molar-refractivity contribution in [2.24, 2.45) is 0 Å². The third kappa shape index (κ3) is 1.33. The lowest BCUT2D eigenvalue weighted by Crippen LogP contribution is -2.23. The van der Waals surface area contributed by atoms with Crippen molar-refractivity contribution < 1.29 is 14.6 Å². The number of hydrogen-bond donors (Lipinski definition) is 2. The van der Waals surface area contributed by atoms with Crippen LogP contribution in [0.3, 0.4) is 0 Å². The summed E-state index contributed by atoms with van der Waals surface area (Å²) in [6, 6.07) is 0. The van der Waals surface area contributed by atoms with Crippen molar-refractivity contribution in [2.75, 3.05) is 0 Å². The summed E-state index contributed by atoms with van der Waals surface area (Å²) in [5, 5.41) is 8.46. The Morgan fingerprint density at radius 2 is 2.50 bits per heavy atom. The molecule has 4 heteroatoms. The highest BCUT2D eigenvalue weighted by atomic mass is 32.1. The first-order chi connectivity index (χ1) is 4.72. The van der Waals surface area contributed by atoms with Gasteiger partial charge in [-0.3, -0.25) is 0 Å². The van der Waals surface area contributed by atoms with Crippen LogP contribution >= 0.6 is 12.6 Å². The quantitative estimate of drug-likeness (QED) is 0.555. The van der Waals surface area contributed by atoms with Gasteiger partial charge >= 0.3 is 5.97 Å². The molecule has 0 amide bonds. The minimum atomic E-state index is -1.02. The summed E-state index contributed by atoms with van der Waals surface area (Å²) >= 11 is 3.90. The van der Waals surface area contributed by atoms with Crippen LogP contribution < -0.4 is 0 Å². The van der Waals surface area contributed by atoms with E-state index in [1.54, 1.807) is 12.2 Å². The maximum absolute atomic E-state index is 10.3. The van der Waals surface area contributed by atoms with Crippen LogP contribution in [0, 0.1) is 0 Å². The highest BCUT2D eigenvalue weighted by molar-refractivity contribution is 7.84. The normalized spacial score (nSPS) is 23.3. The Morgan fingerprint density at radius 3 is 2.90 bits per heavy atom. The molecular weight excluding hydrogens is 152 g/mol. The average Bonchev–Trinajstić information content (AvgIpc) is 1.88. The maximum atomic E-state index is 10.3. The summed E-state index contributed by atoms with van der Waals surface area (Å²) in [6.45, 7) is 0. The lowest BCUT2D eigenvalue weighted by atomic mass is 10.3. The number of carboxylic acid groups (broad SMARTS) is 1. The van der Waals surface area contributed by atoms with Crippen LogP contribution in [0.4, 0.5) is 0 Å². The predicted octanol–water partition coefficient (Wildman–Crippen LogP) is 0.797. The van der Waals surface area contributed by atoms with E-state index in [2.05, 4.69) is 12.6 Å². The van der Waals surface area contributed by atoms with Gasteiger partial charge in [-0.05, 0) is 12.2 Å². The second-order valence-corrected chi connectivity index (χ2v) is 2.29. The van der Waals surface area contributed by atoms with Gasteiger partial charge in [0.2, 0.25) is 6.10 Å². The number of aliphatic carboxylic acids is 1. The fourth-order valence-corrected chi connectivity index (χ4v) is 0.861. The van der Waals surface area contributed by atoms with E-state index >= 15 is 0 Å². The Hall–Kier alpha value is -0.900. The molecule has 0 fully saturated rings. The van der Waals surface area contributed by atoms with Crippen LogP contribution in [0.5, 0.6) is 0 Å².